The molecule has 0 spiro atoms. The number of likely N-dealkylation sites (tertiary alicyclic amines) is 1. The molecule has 1 fully saturated rings. The third-order valence-electron chi connectivity index (χ3n) is 9.32. The van der Waals surface area contributed by atoms with E-state index in [0.29, 0.717) is 24.8 Å². The van der Waals surface area contributed by atoms with Gasteiger partial charge < -0.3 is 26.3 Å². The van der Waals surface area contributed by atoms with E-state index in [2.05, 4.69) is 74.9 Å². The van der Waals surface area contributed by atoms with Crippen LogP contribution in [0, 0.1) is 6.92 Å². The normalized spacial score (nSPS) is 15.7. The van der Waals surface area contributed by atoms with Crippen LogP contribution in [0.15, 0.2) is 42.3 Å². The molecule has 1 aliphatic rings. The smallest absolute Gasteiger partial charge is 0.251 e. The van der Waals surface area contributed by atoms with Crippen molar-refractivity contribution in [1.82, 2.24) is 35.6 Å². The van der Waals surface area contributed by atoms with Gasteiger partial charge in [-0.3, -0.25) is 19.6 Å². The first-order valence-electron chi connectivity index (χ1n) is 16.3. The number of fused-ring (bicyclic) bond motifs is 1. The van der Waals surface area contributed by atoms with Crippen LogP contribution >= 0.6 is 0 Å². The molecule has 10 nitrogen and oxygen atoms in total. The van der Waals surface area contributed by atoms with Crippen molar-refractivity contribution in [2.24, 2.45) is 5.73 Å². The maximum Gasteiger partial charge on any atom is 0.251 e. The maximum absolute atomic E-state index is 13.1. The number of aryl methyl sites for hydroxylation is 1. The van der Waals surface area contributed by atoms with Crippen LogP contribution in [0.4, 0.5) is 0 Å². The first kappa shape index (κ1) is 34.3. The van der Waals surface area contributed by atoms with Gasteiger partial charge in [0.1, 0.15) is 0 Å². The van der Waals surface area contributed by atoms with Crippen molar-refractivity contribution in [3.63, 3.8) is 0 Å². The number of aromatic amines is 2. The van der Waals surface area contributed by atoms with Gasteiger partial charge >= 0.3 is 0 Å². The largest absolute Gasteiger partial charge is 0.357 e. The van der Waals surface area contributed by atoms with Crippen molar-refractivity contribution in [2.75, 3.05) is 52.9 Å². The van der Waals surface area contributed by atoms with E-state index < -0.39 is 0 Å². The first-order valence-corrected chi connectivity index (χ1v) is 16.3. The summed E-state index contributed by atoms with van der Waals surface area (Å²) in [6.45, 7) is 15.7. The fraction of sp³-hybridized carbons (Fsp3) is 0.514. The summed E-state index contributed by atoms with van der Waals surface area (Å²) in [7, 11) is 2.19. The van der Waals surface area contributed by atoms with Gasteiger partial charge in [0, 0.05) is 41.8 Å². The Morgan fingerprint density at radius 3 is 2.64 bits per heavy atom. The van der Waals surface area contributed by atoms with Crippen molar-refractivity contribution in [3.05, 3.63) is 75.9 Å². The van der Waals surface area contributed by atoms with E-state index in [1.807, 2.05) is 12.3 Å². The summed E-state index contributed by atoms with van der Waals surface area (Å²) in [5, 5.41) is 15.2. The second-order valence-corrected chi connectivity index (χ2v) is 12.4. The van der Waals surface area contributed by atoms with Crippen LogP contribution in [0.25, 0.3) is 23.1 Å². The Labute approximate surface area is 267 Å². The maximum atomic E-state index is 13.1. The van der Waals surface area contributed by atoms with E-state index in [1.54, 1.807) is 12.2 Å². The van der Waals surface area contributed by atoms with Gasteiger partial charge in [-0.15, -0.1) is 0 Å². The van der Waals surface area contributed by atoms with Crippen molar-refractivity contribution in [1.29, 1.82) is 0 Å². The summed E-state index contributed by atoms with van der Waals surface area (Å²) in [6.07, 6.45) is 11.7. The Morgan fingerprint density at radius 2 is 1.93 bits per heavy atom. The number of carbonyl (C=O) groups is 1. The lowest BCUT2D eigenvalue weighted by Gasteiger charge is -2.38. The van der Waals surface area contributed by atoms with Crippen LogP contribution in [-0.4, -0.2) is 96.3 Å². The van der Waals surface area contributed by atoms with Crippen LogP contribution in [0.1, 0.15) is 66.0 Å². The Morgan fingerprint density at radius 1 is 1.13 bits per heavy atom. The van der Waals surface area contributed by atoms with E-state index >= 15 is 0 Å². The topological polar surface area (TPSA) is 135 Å². The van der Waals surface area contributed by atoms with E-state index in [0.717, 1.165) is 99.7 Å². The summed E-state index contributed by atoms with van der Waals surface area (Å²) in [6, 6.07) is 7.17. The van der Waals surface area contributed by atoms with Crippen LogP contribution in [0.5, 0.6) is 0 Å². The fourth-order valence-electron chi connectivity index (χ4n) is 6.75. The van der Waals surface area contributed by atoms with E-state index in [4.69, 9.17) is 5.73 Å². The van der Waals surface area contributed by atoms with E-state index in [1.165, 1.54) is 11.1 Å². The number of nitrogens with one attached hydrogen (secondary N) is 4. The molecule has 244 valence electrons. The Hall–Kier alpha value is -3.57. The summed E-state index contributed by atoms with van der Waals surface area (Å²) in [5.74, 6) is 0.0270. The molecule has 0 radical (unpaired) electrons. The highest BCUT2D eigenvalue weighted by Gasteiger charge is 2.24. The number of amides is 1. The number of H-pyrrole nitrogens is 2. The zero-order valence-corrected chi connectivity index (χ0v) is 27.1. The highest BCUT2D eigenvalue weighted by Crippen LogP contribution is 2.24. The minimum absolute atomic E-state index is 0.0270. The molecule has 1 amide bonds. The molecule has 2 aromatic heterocycles. The standard InChI is InChI=1S/C35H52N8O2/c1-5-27-22-32(35(45)40-33(27)6-2)28(7-12-36)8-13-38-30(21-26-19-25(3)34-29(20-26)23-39-41-34)9-17-43(18-14-37-24-44)31-10-15-42(4)16-11-31/h5-6,19-20,22-24,28,30-31,38H,1-2,7-18,21,36H2,3-4H3,(H,37,44)(H,39,41)(H,40,45). The number of pyridine rings is 1. The zero-order valence-electron chi connectivity index (χ0n) is 27.1. The highest BCUT2D eigenvalue weighted by molar-refractivity contribution is 5.81. The average Bonchev–Trinajstić information content (AvgIpc) is 3.52. The van der Waals surface area contributed by atoms with Crippen molar-refractivity contribution in [3.8, 4) is 0 Å². The number of piperidine rings is 1. The third-order valence-corrected chi connectivity index (χ3v) is 9.32. The van der Waals surface area contributed by atoms with Gasteiger partial charge in [-0.2, -0.15) is 5.10 Å². The Balaban J connectivity index is 1.50. The molecule has 2 atom stereocenters. The molecular weight excluding hydrogens is 564 g/mol. The average molecular weight is 617 g/mol. The second-order valence-electron chi connectivity index (χ2n) is 12.4. The van der Waals surface area contributed by atoms with E-state index in [-0.39, 0.29) is 17.5 Å². The van der Waals surface area contributed by atoms with Crippen LogP contribution in [0.3, 0.4) is 0 Å². The molecule has 0 aliphatic carbocycles. The fourth-order valence-corrected chi connectivity index (χ4v) is 6.75. The molecule has 45 heavy (non-hydrogen) atoms. The number of nitrogens with two attached hydrogens (primary N) is 1. The van der Waals surface area contributed by atoms with Gasteiger partial charge in [0.2, 0.25) is 6.41 Å². The first-order chi connectivity index (χ1) is 21.9. The summed E-state index contributed by atoms with van der Waals surface area (Å²) < 4.78 is 0. The number of hydrogen-bond donors (Lipinski definition) is 5. The van der Waals surface area contributed by atoms with Gasteiger partial charge in [-0.25, -0.2) is 0 Å². The molecule has 0 saturated carbocycles. The molecule has 6 N–H and O–H groups in total. The monoisotopic (exact) mass is 616 g/mol. The van der Waals surface area contributed by atoms with Crippen LogP contribution in [0.2, 0.25) is 0 Å². The number of carbonyl (C=O) groups excluding carboxylic acids is 1. The quantitative estimate of drug-likeness (QED) is 0.103. The summed E-state index contributed by atoms with van der Waals surface area (Å²) >= 11 is 0. The summed E-state index contributed by atoms with van der Waals surface area (Å²) in [4.78, 5) is 32.0. The number of hydrogen-bond acceptors (Lipinski definition) is 7. The lowest BCUT2D eigenvalue weighted by molar-refractivity contribution is -0.109. The molecular formula is C35H52N8O2. The Bertz CT molecular complexity index is 1460. The molecule has 0 bridgehead atoms. The van der Waals surface area contributed by atoms with Crippen LogP contribution < -0.4 is 21.9 Å². The second kappa shape index (κ2) is 17.2. The lowest BCUT2D eigenvalue weighted by atomic mass is 9.91. The van der Waals surface area contributed by atoms with Gasteiger partial charge in [0.05, 0.1) is 11.7 Å². The lowest BCUT2D eigenvalue weighted by Crippen LogP contribution is -2.47. The van der Waals surface area contributed by atoms with Crippen molar-refractivity contribution in [2.45, 2.75) is 63.5 Å². The molecule has 10 heteroatoms. The molecule has 3 aromatic rings. The molecule has 1 aliphatic heterocycles. The van der Waals surface area contributed by atoms with Gasteiger partial charge in [0.15, 0.2) is 0 Å². The van der Waals surface area contributed by atoms with Gasteiger partial charge in [0.25, 0.3) is 5.56 Å². The van der Waals surface area contributed by atoms with Crippen molar-refractivity contribution >= 4 is 29.5 Å². The Kier molecular flexibility index (Phi) is 13.1. The minimum atomic E-state index is -0.0907. The van der Waals surface area contributed by atoms with Gasteiger partial charge in [-0.05, 0) is 126 Å². The van der Waals surface area contributed by atoms with Gasteiger partial charge in [-0.1, -0.05) is 25.3 Å². The number of rotatable bonds is 19. The predicted octanol–water partition coefficient (Wildman–Crippen LogP) is 3.40. The molecule has 3 heterocycles. The molecule has 1 aromatic carbocycles. The SMILES string of the molecule is C=Cc1cc(C(CCN)CCNC(CCN(CCNC=O)C2CCN(C)CC2)Cc2cc(C)c3[nH]ncc3c2)c(=O)[nH]c1C=C. The molecule has 2 unspecified atom stereocenters. The minimum Gasteiger partial charge on any atom is -0.357 e. The number of aromatic nitrogens is 3. The van der Waals surface area contributed by atoms with Crippen molar-refractivity contribution < 1.29 is 4.79 Å². The predicted molar refractivity (Wildman–Crippen MR) is 185 cm³/mol. The van der Waals surface area contributed by atoms with E-state index in [9.17, 15) is 9.59 Å². The molecule has 1 saturated heterocycles. The third kappa shape index (κ3) is 9.46. The molecule has 4 rings (SSSR count). The number of nitrogens with zero attached hydrogens (tertiary/aromatic N) is 3. The zero-order chi connectivity index (χ0) is 32.2. The summed E-state index contributed by atoms with van der Waals surface area (Å²) in [5.41, 5.74) is 11.8. The highest BCUT2D eigenvalue weighted by atomic mass is 16.1. The number of benzene rings is 1. The van der Waals surface area contributed by atoms with Crippen LogP contribution in [-0.2, 0) is 11.2 Å².